The van der Waals surface area contributed by atoms with Crippen LogP contribution >= 0.6 is 11.6 Å². The first-order valence-electron chi connectivity index (χ1n) is 7.96. The zero-order chi connectivity index (χ0) is 16.9. The summed E-state index contributed by atoms with van der Waals surface area (Å²) in [7, 11) is 0. The van der Waals surface area contributed by atoms with Crippen LogP contribution in [0.5, 0.6) is 0 Å². The number of aryl methyl sites for hydroxylation is 1. The van der Waals surface area contributed by atoms with Gasteiger partial charge in [0, 0.05) is 17.3 Å². The summed E-state index contributed by atoms with van der Waals surface area (Å²) < 4.78 is 5.77. The van der Waals surface area contributed by atoms with Crippen molar-refractivity contribution in [1.82, 2.24) is 15.6 Å². The highest BCUT2D eigenvalue weighted by atomic mass is 35.5. The molecule has 24 heavy (non-hydrogen) atoms. The van der Waals surface area contributed by atoms with E-state index in [-0.39, 0.29) is 18.2 Å². The maximum Gasteiger partial charge on any atom is 0.315 e. The molecule has 2 atom stereocenters. The maximum atomic E-state index is 12.2. The molecule has 1 fully saturated rings. The molecule has 6 heteroatoms. The highest BCUT2D eigenvalue weighted by molar-refractivity contribution is 6.30. The monoisotopic (exact) mass is 345 g/mol. The minimum absolute atomic E-state index is 0.0587. The molecular formula is C18H20ClN3O2. The second-order valence-electron chi connectivity index (χ2n) is 5.84. The van der Waals surface area contributed by atoms with Crippen LogP contribution in [0.15, 0.2) is 42.5 Å². The van der Waals surface area contributed by atoms with Crippen molar-refractivity contribution >= 4 is 17.6 Å². The lowest BCUT2D eigenvalue weighted by Gasteiger charge is -2.20. The van der Waals surface area contributed by atoms with E-state index in [0.29, 0.717) is 18.2 Å². The summed E-state index contributed by atoms with van der Waals surface area (Å²) in [6.07, 6.45) is 0.633. The van der Waals surface area contributed by atoms with Crippen molar-refractivity contribution in [3.05, 3.63) is 64.4 Å². The number of ether oxygens (including phenoxy) is 1. The van der Waals surface area contributed by atoms with Gasteiger partial charge >= 0.3 is 6.03 Å². The predicted molar refractivity (Wildman–Crippen MR) is 92.9 cm³/mol. The molecule has 2 amide bonds. The van der Waals surface area contributed by atoms with Crippen molar-refractivity contribution in [1.29, 1.82) is 0 Å². The predicted octanol–water partition coefficient (Wildman–Crippen LogP) is 3.37. The molecule has 2 N–H and O–H groups in total. The van der Waals surface area contributed by atoms with Crippen LogP contribution in [0.2, 0.25) is 5.02 Å². The van der Waals surface area contributed by atoms with Crippen LogP contribution in [-0.2, 0) is 11.3 Å². The number of aromatic nitrogens is 1. The van der Waals surface area contributed by atoms with E-state index in [9.17, 15) is 4.79 Å². The van der Waals surface area contributed by atoms with Gasteiger partial charge < -0.3 is 15.4 Å². The van der Waals surface area contributed by atoms with Crippen molar-refractivity contribution in [2.45, 2.75) is 32.0 Å². The van der Waals surface area contributed by atoms with Gasteiger partial charge in [-0.2, -0.15) is 0 Å². The summed E-state index contributed by atoms with van der Waals surface area (Å²) in [5.74, 6) is 0. The summed E-state index contributed by atoms with van der Waals surface area (Å²) in [5, 5.41) is 6.52. The van der Waals surface area contributed by atoms with E-state index >= 15 is 0 Å². The van der Waals surface area contributed by atoms with Gasteiger partial charge in [-0.05, 0) is 43.2 Å². The number of pyridine rings is 1. The fourth-order valence-corrected chi connectivity index (χ4v) is 2.93. The molecule has 0 aliphatic carbocycles. The van der Waals surface area contributed by atoms with Gasteiger partial charge in [-0.3, -0.25) is 4.98 Å². The molecule has 0 unspecified atom stereocenters. The van der Waals surface area contributed by atoms with Gasteiger partial charge in [-0.25, -0.2) is 4.79 Å². The Morgan fingerprint density at radius 2 is 2.08 bits per heavy atom. The summed E-state index contributed by atoms with van der Waals surface area (Å²) in [6.45, 7) is 2.94. The van der Waals surface area contributed by atoms with Crippen LogP contribution in [-0.4, -0.2) is 23.7 Å². The van der Waals surface area contributed by atoms with Crippen LogP contribution in [0.25, 0.3) is 0 Å². The first-order valence-corrected chi connectivity index (χ1v) is 8.33. The van der Waals surface area contributed by atoms with Crippen LogP contribution < -0.4 is 10.6 Å². The zero-order valence-corrected chi connectivity index (χ0v) is 14.2. The van der Waals surface area contributed by atoms with E-state index < -0.39 is 0 Å². The van der Waals surface area contributed by atoms with Crippen LogP contribution in [0.1, 0.15) is 29.5 Å². The SMILES string of the molecule is Cc1cccc(CNC(=O)N[C@@H]2CCO[C@H]2c2ccc(Cl)cc2)n1. The Hall–Kier alpha value is -2.11. The van der Waals surface area contributed by atoms with Gasteiger partial charge in [0.1, 0.15) is 6.10 Å². The molecule has 0 radical (unpaired) electrons. The summed E-state index contributed by atoms with van der Waals surface area (Å²) in [5.41, 5.74) is 2.78. The Morgan fingerprint density at radius 3 is 2.83 bits per heavy atom. The van der Waals surface area contributed by atoms with E-state index in [1.165, 1.54) is 0 Å². The third-order valence-electron chi connectivity index (χ3n) is 3.98. The number of rotatable bonds is 4. The molecule has 2 aromatic rings. The van der Waals surface area contributed by atoms with E-state index in [0.717, 1.165) is 23.4 Å². The molecule has 0 bridgehead atoms. The quantitative estimate of drug-likeness (QED) is 0.893. The average Bonchev–Trinajstić information content (AvgIpc) is 3.02. The van der Waals surface area contributed by atoms with Gasteiger partial charge in [-0.15, -0.1) is 0 Å². The number of benzene rings is 1. The number of nitrogens with one attached hydrogen (secondary N) is 2. The first-order chi connectivity index (χ1) is 11.6. The van der Waals surface area contributed by atoms with E-state index in [1.807, 2.05) is 49.4 Å². The lowest BCUT2D eigenvalue weighted by Crippen LogP contribution is -2.43. The van der Waals surface area contributed by atoms with Crippen LogP contribution in [0.4, 0.5) is 4.79 Å². The first kappa shape index (κ1) is 16.7. The highest BCUT2D eigenvalue weighted by Crippen LogP contribution is 2.29. The standard InChI is InChI=1S/C18H20ClN3O2/c1-12-3-2-4-15(21-12)11-20-18(23)22-16-9-10-24-17(16)13-5-7-14(19)8-6-13/h2-8,16-17H,9-11H2,1H3,(H2,20,22,23)/t16-,17+/m1/s1. The number of halogens is 1. The van der Waals surface area contributed by atoms with Crippen molar-refractivity contribution in [2.24, 2.45) is 0 Å². The molecule has 3 rings (SSSR count). The lowest BCUT2D eigenvalue weighted by atomic mass is 10.0. The second-order valence-corrected chi connectivity index (χ2v) is 6.27. The Balaban J connectivity index is 1.56. The molecule has 1 aromatic carbocycles. The third-order valence-corrected chi connectivity index (χ3v) is 4.23. The van der Waals surface area contributed by atoms with E-state index in [2.05, 4.69) is 15.6 Å². The zero-order valence-electron chi connectivity index (χ0n) is 13.5. The van der Waals surface area contributed by atoms with Crippen LogP contribution in [0, 0.1) is 6.92 Å². The Morgan fingerprint density at radius 1 is 1.29 bits per heavy atom. The number of hydrogen-bond acceptors (Lipinski definition) is 3. The molecule has 1 saturated heterocycles. The molecular weight excluding hydrogens is 326 g/mol. The molecule has 0 saturated carbocycles. The third kappa shape index (κ3) is 4.24. The van der Waals surface area contributed by atoms with Crippen molar-refractivity contribution in [3.8, 4) is 0 Å². The Kier molecular flexibility index (Phi) is 5.33. The lowest BCUT2D eigenvalue weighted by molar-refractivity contribution is 0.0999. The summed E-state index contributed by atoms with van der Waals surface area (Å²) in [4.78, 5) is 16.5. The normalized spacial score (nSPS) is 19.9. The minimum Gasteiger partial charge on any atom is -0.371 e. The molecule has 126 valence electrons. The van der Waals surface area contributed by atoms with Crippen molar-refractivity contribution < 1.29 is 9.53 Å². The largest absolute Gasteiger partial charge is 0.371 e. The Labute approximate surface area is 146 Å². The number of carbonyl (C=O) groups excluding carboxylic acids is 1. The average molecular weight is 346 g/mol. The molecule has 2 heterocycles. The van der Waals surface area contributed by atoms with Crippen molar-refractivity contribution in [3.63, 3.8) is 0 Å². The van der Waals surface area contributed by atoms with Crippen LogP contribution in [0.3, 0.4) is 0 Å². The molecule has 5 nitrogen and oxygen atoms in total. The molecule has 0 spiro atoms. The molecule has 1 aromatic heterocycles. The maximum absolute atomic E-state index is 12.2. The minimum atomic E-state index is -0.215. The number of nitrogens with zero attached hydrogens (tertiary/aromatic N) is 1. The summed E-state index contributed by atoms with van der Waals surface area (Å²) in [6, 6.07) is 13.0. The van der Waals surface area contributed by atoms with Gasteiger partial charge in [0.2, 0.25) is 0 Å². The smallest absolute Gasteiger partial charge is 0.315 e. The van der Waals surface area contributed by atoms with E-state index in [4.69, 9.17) is 16.3 Å². The van der Waals surface area contributed by atoms with Gasteiger partial charge in [0.25, 0.3) is 0 Å². The fourth-order valence-electron chi connectivity index (χ4n) is 2.81. The van der Waals surface area contributed by atoms with E-state index in [1.54, 1.807) is 0 Å². The molecule has 1 aliphatic heterocycles. The summed E-state index contributed by atoms with van der Waals surface area (Å²) >= 11 is 5.92. The highest BCUT2D eigenvalue weighted by Gasteiger charge is 2.30. The topological polar surface area (TPSA) is 63.2 Å². The van der Waals surface area contributed by atoms with Gasteiger partial charge in [-0.1, -0.05) is 29.8 Å². The number of urea groups is 1. The van der Waals surface area contributed by atoms with Gasteiger partial charge in [0.05, 0.1) is 18.3 Å². The van der Waals surface area contributed by atoms with Crippen molar-refractivity contribution in [2.75, 3.05) is 6.61 Å². The fraction of sp³-hybridized carbons (Fsp3) is 0.333. The van der Waals surface area contributed by atoms with Gasteiger partial charge in [0.15, 0.2) is 0 Å². The second kappa shape index (κ2) is 7.64. The molecule has 1 aliphatic rings. The number of hydrogen-bond donors (Lipinski definition) is 2. The number of carbonyl (C=O) groups is 1. The number of amides is 2. The Bertz CT molecular complexity index is 706.